The van der Waals surface area contributed by atoms with Crippen LogP contribution in [0.15, 0.2) is 76.9 Å². The number of hydrogen-bond donors (Lipinski definition) is 0. The van der Waals surface area contributed by atoms with Gasteiger partial charge in [-0.1, -0.05) is 48.5 Å². The van der Waals surface area contributed by atoms with Crippen LogP contribution in [0.2, 0.25) is 0 Å². The zero-order valence-corrected chi connectivity index (χ0v) is 15.1. The Morgan fingerprint density at radius 2 is 1.72 bits per heavy atom. The molecule has 0 aliphatic carbocycles. The normalized spacial score (nSPS) is 14.4. The summed E-state index contributed by atoms with van der Waals surface area (Å²) in [5.74, 6) is 1.83. The van der Waals surface area contributed by atoms with E-state index in [1.165, 1.54) is 0 Å². The summed E-state index contributed by atoms with van der Waals surface area (Å²) in [6.07, 6.45) is 1.06. The van der Waals surface area contributed by atoms with Gasteiger partial charge in [-0.25, -0.2) is 0 Å². The number of allylic oxidation sites excluding steroid dienone is 2. The quantitative estimate of drug-likeness (QED) is 0.709. The van der Waals surface area contributed by atoms with Crippen LogP contribution >= 0.6 is 11.8 Å². The molecular weight excluding hydrogens is 330 g/mol. The molecule has 1 aliphatic heterocycles. The van der Waals surface area contributed by atoms with Crippen molar-refractivity contribution in [2.45, 2.75) is 19.8 Å². The minimum atomic E-state index is 0.183. The lowest BCUT2D eigenvalue weighted by molar-refractivity contribution is -0.114. The van der Waals surface area contributed by atoms with Crippen molar-refractivity contribution in [3.63, 3.8) is 0 Å². The van der Waals surface area contributed by atoms with Crippen LogP contribution in [-0.4, -0.2) is 23.2 Å². The average molecular weight is 351 g/mol. The number of hydrogen-bond acceptors (Lipinski definition) is 4. The van der Waals surface area contributed by atoms with E-state index in [0.29, 0.717) is 19.4 Å². The van der Waals surface area contributed by atoms with Gasteiger partial charge in [0.1, 0.15) is 5.75 Å². The Bertz CT molecular complexity index is 782. The van der Waals surface area contributed by atoms with E-state index in [1.54, 1.807) is 11.8 Å². The molecule has 0 bridgehead atoms. The minimum absolute atomic E-state index is 0.183. The summed E-state index contributed by atoms with van der Waals surface area (Å²) in [5.41, 5.74) is 2.82. The maximum Gasteiger partial charge on any atom is 0.167 e. The molecule has 0 fully saturated rings. The second-order valence-corrected chi connectivity index (χ2v) is 7.01. The Morgan fingerprint density at radius 1 is 1.04 bits per heavy atom. The topological polar surface area (TPSA) is 38.7 Å². The van der Waals surface area contributed by atoms with Crippen molar-refractivity contribution in [2.75, 3.05) is 12.4 Å². The molecular formula is C21H21NO2S. The molecule has 0 atom stereocenters. The maximum atomic E-state index is 12.5. The van der Waals surface area contributed by atoms with E-state index in [0.717, 1.165) is 33.4 Å². The highest BCUT2D eigenvalue weighted by atomic mass is 32.2. The third-order valence-corrected chi connectivity index (χ3v) is 4.90. The monoisotopic (exact) mass is 351 g/mol. The second-order valence-electron chi connectivity index (χ2n) is 5.84. The van der Waals surface area contributed by atoms with Gasteiger partial charge in [0.2, 0.25) is 0 Å². The van der Waals surface area contributed by atoms with Gasteiger partial charge < -0.3 is 4.74 Å². The van der Waals surface area contributed by atoms with Gasteiger partial charge in [0.05, 0.1) is 18.1 Å². The summed E-state index contributed by atoms with van der Waals surface area (Å²) in [6.45, 7) is 2.53. The molecule has 2 aromatic carbocycles. The minimum Gasteiger partial charge on any atom is -0.493 e. The third kappa shape index (κ3) is 5.07. The van der Waals surface area contributed by atoms with E-state index in [2.05, 4.69) is 4.99 Å². The number of nitrogens with zero attached hydrogens (tertiary/aromatic N) is 1. The average Bonchev–Trinajstić information content (AvgIpc) is 2.64. The predicted octanol–water partition coefficient (Wildman–Crippen LogP) is 4.69. The van der Waals surface area contributed by atoms with Crippen LogP contribution in [0.4, 0.5) is 0 Å². The smallest absolute Gasteiger partial charge is 0.167 e. The van der Waals surface area contributed by atoms with Crippen LogP contribution in [-0.2, 0) is 11.2 Å². The van der Waals surface area contributed by atoms with Crippen molar-refractivity contribution in [2.24, 2.45) is 4.99 Å². The van der Waals surface area contributed by atoms with Crippen molar-refractivity contribution in [3.8, 4) is 5.75 Å². The number of aliphatic imine (C=N–C) groups is 1. The Morgan fingerprint density at radius 3 is 2.40 bits per heavy atom. The van der Waals surface area contributed by atoms with Crippen LogP contribution in [0, 0.1) is 0 Å². The fourth-order valence-electron chi connectivity index (χ4n) is 2.69. The molecule has 2 aromatic rings. The fraction of sp³-hybridized carbons (Fsp3) is 0.238. The molecule has 3 nitrogen and oxygen atoms in total. The van der Waals surface area contributed by atoms with Gasteiger partial charge >= 0.3 is 0 Å². The first-order valence-corrected chi connectivity index (χ1v) is 9.36. The Kier molecular flexibility index (Phi) is 6.07. The van der Waals surface area contributed by atoms with E-state index in [-0.39, 0.29) is 5.78 Å². The molecule has 0 spiro atoms. The van der Waals surface area contributed by atoms with E-state index >= 15 is 0 Å². The summed E-state index contributed by atoms with van der Waals surface area (Å²) in [6, 6.07) is 19.8. The molecule has 1 aliphatic rings. The molecule has 4 heteroatoms. The number of para-hydroxylation sites is 1. The lowest BCUT2D eigenvalue weighted by atomic mass is 9.97. The van der Waals surface area contributed by atoms with E-state index in [4.69, 9.17) is 4.74 Å². The maximum absolute atomic E-state index is 12.5. The Labute approximate surface area is 152 Å². The highest BCUT2D eigenvalue weighted by Crippen LogP contribution is 2.24. The number of thioether (sulfide) groups is 1. The molecule has 128 valence electrons. The summed E-state index contributed by atoms with van der Waals surface area (Å²) < 4.78 is 5.68. The highest BCUT2D eigenvalue weighted by Gasteiger charge is 2.21. The molecule has 0 radical (unpaired) electrons. The highest BCUT2D eigenvalue weighted by molar-refractivity contribution is 8.14. The first-order chi connectivity index (χ1) is 12.2. The number of carbonyl (C=O) groups is 1. The number of ether oxygens (including phenoxy) is 1. The molecule has 0 saturated carbocycles. The standard InChI is InChI=1S/C21H21NO2S/c1-16-19(14-17-8-4-2-5-9-17)20(23)15-21(22-16)25-13-12-24-18-10-6-3-7-11-18/h2-11H,12-15H2,1H3. The van der Waals surface area contributed by atoms with Gasteiger partial charge in [-0.15, -0.1) is 11.8 Å². The van der Waals surface area contributed by atoms with Crippen LogP contribution in [0.1, 0.15) is 18.9 Å². The van der Waals surface area contributed by atoms with Crippen LogP contribution < -0.4 is 4.74 Å². The Balaban J connectivity index is 1.55. The number of benzene rings is 2. The summed E-state index contributed by atoms with van der Waals surface area (Å²) in [4.78, 5) is 17.1. The van der Waals surface area contributed by atoms with Crippen LogP contribution in [0.3, 0.4) is 0 Å². The lowest BCUT2D eigenvalue weighted by Crippen LogP contribution is -2.17. The largest absolute Gasteiger partial charge is 0.493 e. The summed E-state index contributed by atoms with van der Waals surface area (Å²) in [7, 11) is 0. The van der Waals surface area contributed by atoms with Crippen molar-refractivity contribution in [1.29, 1.82) is 0 Å². The number of Topliss-reactive ketones (excluding diaryl/α,β-unsaturated/α-hetero) is 1. The van der Waals surface area contributed by atoms with Crippen molar-refractivity contribution >= 4 is 22.6 Å². The van der Waals surface area contributed by atoms with E-state index in [1.807, 2.05) is 67.6 Å². The van der Waals surface area contributed by atoms with Gasteiger partial charge in [-0.2, -0.15) is 0 Å². The van der Waals surface area contributed by atoms with Crippen LogP contribution in [0.5, 0.6) is 5.75 Å². The van der Waals surface area contributed by atoms with Crippen LogP contribution in [0.25, 0.3) is 0 Å². The molecule has 25 heavy (non-hydrogen) atoms. The van der Waals surface area contributed by atoms with E-state index in [9.17, 15) is 4.79 Å². The number of rotatable bonds is 6. The molecule has 1 heterocycles. The zero-order chi connectivity index (χ0) is 17.5. The predicted molar refractivity (Wildman–Crippen MR) is 104 cm³/mol. The first kappa shape index (κ1) is 17.5. The number of ketones is 1. The van der Waals surface area contributed by atoms with Crippen molar-refractivity contribution in [3.05, 3.63) is 77.5 Å². The molecule has 0 aromatic heterocycles. The lowest BCUT2D eigenvalue weighted by Gasteiger charge is -2.16. The summed E-state index contributed by atoms with van der Waals surface area (Å²) in [5, 5.41) is 0.885. The SMILES string of the molecule is CC1=C(Cc2ccccc2)C(=O)CC(SCCOc2ccccc2)=N1. The van der Waals surface area contributed by atoms with Gasteiger partial charge in [-0.05, 0) is 24.6 Å². The fourth-order valence-corrected chi connectivity index (χ4v) is 3.52. The van der Waals surface area contributed by atoms with Gasteiger partial charge in [0, 0.05) is 23.4 Å². The van der Waals surface area contributed by atoms with Gasteiger partial charge in [0.15, 0.2) is 5.78 Å². The summed E-state index contributed by atoms with van der Waals surface area (Å²) >= 11 is 1.60. The van der Waals surface area contributed by atoms with Gasteiger partial charge in [-0.3, -0.25) is 9.79 Å². The first-order valence-electron chi connectivity index (χ1n) is 8.37. The molecule has 3 rings (SSSR count). The third-order valence-electron chi connectivity index (χ3n) is 3.97. The molecule has 0 saturated heterocycles. The molecule has 0 amide bonds. The second kappa shape index (κ2) is 8.67. The van der Waals surface area contributed by atoms with E-state index < -0.39 is 0 Å². The number of carbonyl (C=O) groups excluding carboxylic acids is 1. The van der Waals surface area contributed by atoms with Crippen molar-refractivity contribution < 1.29 is 9.53 Å². The molecule has 0 N–H and O–H groups in total. The van der Waals surface area contributed by atoms with Gasteiger partial charge in [0.25, 0.3) is 0 Å². The zero-order valence-electron chi connectivity index (χ0n) is 14.3. The Hall–Kier alpha value is -2.33. The van der Waals surface area contributed by atoms with Crippen molar-refractivity contribution in [1.82, 2.24) is 0 Å². The molecule has 0 unspecified atom stereocenters.